The van der Waals surface area contributed by atoms with Gasteiger partial charge in [0.1, 0.15) is 0 Å². The predicted octanol–water partition coefficient (Wildman–Crippen LogP) is 3.35. The summed E-state index contributed by atoms with van der Waals surface area (Å²) in [4.78, 5) is 5.60. The van der Waals surface area contributed by atoms with Crippen molar-refractivity contribution in [1.82, 2.24) is 14.4 Å². The van der Waals surface area contributed by atoms with Crippen LogP contribution in [0.1, 0.15) is 11.8 Å². The number of hydrogen-bond donors (Lipinski definition) is 0. The molecule has 9 heteroatoms. The maximum Gasteiger partial charge on any atom is 0.243 e. The van der Waals surface area contributed by atoms with Crippen molar-refractivity contribution in [2.45, 2.75) is 10.8 Å². The first kappa shape index (κ1) is 15.9. The average Bonchev–Trinajstić information content (AvgIpc) is 3.16. The molecule has 4 rings (SSSR count). The van der Waals surface area contributed by atoms with Gasteiger partial charge in [-0.1, -0.05) is 27.2 Å². The van der Waals surface area contributed by atoms with Crippen LogP contribution in [0, 0.1) is 0 Å². The van der Waals surface area contributed by atoms with E-state index >= 15 is 0 Å². The van der Waals surface area contributed by atoms with Crippen LogP contribution in [0.5, 0.6) is 0 Å². The van der Waals surface area contributed by atoms with Crippen LogP contribution in [0.15, 0.2) is 55.7 Å². The highest BCUT2D eigenvalue weighted by molar-refractivity contribution is 9.10. The summed E-state index contributed by atoms with van der Waals surface area (Å²) >= 11 is 4.84. The van der Waals surface area contributed by atoms with Crippen LogP contribution in [-0.2, 0) is 10.0 Å². The summed E-state index contributed by atoms with van der Waals surface area (Å²) in [7, 11) is -3.47. The lowest BCUT2D eigenvalue weighted by atomic mass is 10.0. The van der Waals surface area contributed by atoms with E-state index in [1.165, 1.54) is 15.6 Å². The number of sulfonamides is 1. The summed E-state index contributed by atoms with van der Waals surface area (Å²) in [6.07, 6.45) is 0. The van der Waals surface area contributed by atoms with E-state index < -0.39 is 10.0 Å². The number of rotatable bonds is 4. The molecule has 0 saturated carbocycles. The lowest BCUT2D eigenvalue weighted by Crippen LogP contribution is -2.48. The maximum atomic E-state index is 12.5. The number of aromatic nitrogens is 2. The molecule has 124 valence electrons. The van der Waals surface area contributed by atoms with Crippen molar-refractivity contribution in [3.8, 4) is 10.7 Å². The third kappa shape index (κ3) is 2.81. The Morgan fingerprint density at radius 1 is 1.21 bits per heavy atom. The van der Waals surface area contributed by atoms with Crippen molar-refractivity contribution in [2.24, 2.45) is 0 Å². The predicted molar refractivity (Wildman–Crippen MR) is 93.3 cm³/mol. The third-order valence-electron chi connectivity index (χ3n) is 3.83. The number of thiophene rings is 1. The summed E-state index contributed by atoms with van der Waals surface area (Å²) in [6.45, 7) is 0.703. The van der Waals surface area contributed by atoms with Crippen molar-refractivity contribution < 1.29 is 12.9 Å². The largest absolute Gasteiger partial charge is 0.339 e. The van der Waals surface area contributed by atoms with Gasteiger partial charge in [-0.25, -0.2) is 8.42 Å². The molecule has 0 aliphatic carbocycles. The van der Waals surface area contributed by atoms with Crippen molar-refractivity contribution >= 4 is 37.3 Å². The Hall–Kier alpha value is -1.55. The van der Waals surface area contributed by atoms with Gasteiger partial charge in [0.2, 0.25) is 21.7 Å². The molecule has 0 amide bonds. The Bertz CT molecular complexity index is 946. The zero-order valence-electron chi connectivity index (χ0n) is 12.3. The second-order valence-electron chi connectivity index (χ2n) is 5.41. The van der Waals surface area contributed by atoms with E-state index in [4.69, 9.17) is 4.52 Å². The standard InChI is InChI=1S/C15H12BrN3O3S2/c16-11-3-5-12(6-4-11)24(20,21)19-8-10(9-19)15-17-14(18-22-15)13-2-1-7-23-13/h1-7,10H,8-9H2. The first-order chi connectivity index (χ1) is 11.5. The van der Waals surface area contributed by atoms with Gasteiger partial charge in [0.25, 0.3) is 0 Å². The fourth-order valence-electron chi connectivity index (χ4n) is 2.45. The van der Waals surface area contributed by atoms with Crippen LogP contribution in [0.2, 0.25) is 0 Å². The molecule has 0 spiro atoms. The Balaban J connectivity index is 1.47. The van der Waals surface area contributed by atoms with Gasteiger partial charge in [-0.05, 0) is 35.7 Å². The first-order valence-electron chi connectivity index (χ1n) is 7.17. The number of benzene rings is 1. The van der Waals surface area contributed by atoms with Gasteiger partial charge in [-0.15, -0.1) is 11.3 Å². The molecule has 3 aromatic rings. The van der Waals surface area contributed by atoms with Crippen LogP contribution in [-0.4, -0.2) is 36.0 Å². The van der Waals surface area contributed by atoms with E-state index in [-0.39, 0.29) is 10.8 Å². The number of nitrogens with zero attached hydrogens (tertiary/aromatic N) is 3. The molecule has 1 aliphatic heterocycles. The highest BCUT2D eigenvalue weighted by Gasteiger charge is 2.40. The van der Waals surface area contributed by atoms with Crippen molar-refractivity contribution in [3.05, 3.63) is 52.1 Å². The molecule has 0 atom stereocenters. The number of halogens is 1. The van der Waals surface area contributed by atoms with Gasteiger partial charge in [-0.2, -0.15) is 9.29 Å². The van der Waals surface area contributed by atoms with E-state index in [1.54, 1.807) is 24.3 Å². The monoisotopic (exact) mass is 425 g/mol. The molecular formula is C15H12BrN3O3S2. The lowest BCUT2D eigenvalue weighted by molar-refractivity contribution is 0.217. The summed E-state index contributed by atoms with van der Waals surface area (Å²) in [5.74, 6) is 0.978. The SMILES string of the molecule is O=S(=O)(c1ccc(Br)cc1)N1CC(c2nc(-c3cccs3)no2)C1. The summed E-state index contributed by atoms with van der Waals surface area (Å²) in [5, 5.41) is 5.91. The van der Waals surface area contributed by atoms with Crippen molar-refractivity contribution in [2.75, 3.05) is 13.1 Å². The zero-order chi connectivity index (χ0) is 16.7. The van der Waals surface area contributed by atoms with Gasteiger partial charge in [0, 0.05) is 17.6 Å². The Labute approximate surface area is 151 Å². The van der Waals surface area contributed by atoms with E-state index in [2.05, 4.69) is 26.1 Å². The second-order valence-corrected chi connectivity index (χ2v) is 9.21. The fraction of sp³-hybridized carbons (Fsp3) is 0.200. The molecule has 6 nitrogen and oxygen atoms in total. The highest BCUT2D eigenvalue weighted by Crippen LogP contribution is 2.32. The van der Waals surface area contributed by atoms with Crippen LogP contribution >= 0.6 is 27.3 Å². The summed E-state index contributed by atoms with van der Waals surface area (Å²) < 4.78 is 32.6. The third-order valence-corrected chi connectivity index (χ3v) is 7.07. The van der Waals surface area contributed by atoms with E-state index in [0.717, 1.165) is 9.35 Å². The molecule has 0 radical (unpaired) electrons. The molecule has 1 aromatic carbocycles. The number of hydrogen-bond acceptors (Lipinski definition) is 6. The molecule has 24 heavy (non-hydrogen) atoms. The molecule has 2 aromatic heterocycles. The van der Waals surface area contributed by atoms with Crippen LogP contribution in [0.3, 0.4) is 0 Å². The molecule has 0 N–H and O–H groups in total. The Morgan fingerprint density at radius 2 is 1.96 bits per heavy atom. The van der Waals surface area contributed by atoms with Crippen LogP contribution in [0.4, 0.5) is 0 Å². The minimum Gasteiger partial charge on any atom is -0.339 e. The average molecular weight is 426 g/mol. The van der Waals surface area contributed by atoms with Crippen LogP contribution in [0.25, 0.3) is 10.7 Å². The molecular weight excluding hydrogens is 414 g/mol. The second kappa shape index (κ2) is 6.07. The highest BCUT2D eigenvalue weighted by atomic mass is 79.9. The molecule has 0 unspecified atom stereocenters. The molecule has 1 aliphatic rings. The Kier molecular flexibility index (Phi) is 4.03. The van der Waals surface area contributed by atoms with Crippen molar-refractivity contribution in [1.29, 1.82) is 0 Å². The van der Waals surface area contributed by atoms with E-state index in [1.807, 2.05) is 17.5 Å². The summed E-state index contributed by atoms with van der Waals surface area (Å²) in [6, 6.07) is 10.5. The normalized spacial score (nSPS) is 16.2. The minimum atomic E-state index is -3.47. The van der Waals surface area contributed by atoms with Crippen LogP contribution < -0.4 is 0 Å². The smallest absolute Gasteiger partial charge is 0.243 e. The van der Waals surface area contributed by atoms with Gasteiger partial charge in [0.05, 0.1) is 15.7 Å². The zero-order valence-corrected chi connectivity index (χ0v) is 15.5. The maximum absolute atomic E-state index is 12.5. The van der Waals surface area contributed by atoms with Crippen molar-refractivity contribution in [3.63, 3.8) is 0 Å². The minimum absolute atomic E-state index is 0.0589. The summed E-state index contributed by atoms with van der Waals surface area (Å²) in [5.41, 5.74) is 0. The first-order valence-corrected chi connectivity index (χ1v) is 10.3. The molecule has 0 bridgehead atoms. The Morgan fingerprint density at radius 3 is 2.62 bits per heavy atom. The quantitative estimate of drug-likeness (QED) is 0.640. The van der Waals surface area contributed by atoms with E-state index in [0.29, 0.717) is 24.8 Å². The fourth-order valence-corrected chi connectivity index (χ4v) is 4.90. The topological polar surface area (TPSA) is 76.3 Å². The van der Waals surface area contributed by atoms with Gasteiger partial charge in [0.15, 0.2) is 0 Å². The van der Waals surface area contributed by atoms with Gasteiger partial charge in [-0.3, -0.25) is 0 Å². The molecule has 1 fully saturated rings. The molecule has 3 heterocycles. The van der Waals surface area contributed by atoms with Gasteiger partial charge < -0.3 is 4.52 Å². The molecule has 1 saturated heterocycles. The lowest BCUT2D eigenvalue weighted by Gasteiger charge is -2.35. The van der Waals surface area contributed by atoms with Gasteiger partial charge >= 0.3 is 0 Å². The van der Waals surface area contributed by atoms with E-state index in [9.17, 15) is 8.42 Å².